The number of nitrogens with zero attached hydrogens (tertiary/aromatic N) is 1. The molecular formula is C22H21F3N2O6. The molecule has 2 N–H and O–H groups in total. The van der Waals surface area contributed by atoms with E-state index in [1.807, 2.05) is 0 Å². The minimum Gasteiger partial charge on any atom is -0.497 e. The van der Waals surface area contributed by atoms with Gasteiger partial charge in [0.15, 0.2) is 5.75 Å². The van der Waals surface area contributed by atoms with Gasteiger partial charge in [-0.25, -0.2) is 0 Å². The van der Waals surface area contributed by atoms with Gasteiger partial charge in [0.1, 0.15) is 23.3 Å². The normalized spacial score (nSPS) is 14.2. The average molecular weight is 466 g/mol. The van der Waals surface area contributed by atoms with Crippen LogP contribution in [0, 0.1) is 0 Å². The molecule has 1 aliphatic rings. The number of carbonyl (C=O) groups is 3. The van der Waals surface area contributed by atoms with Gasteiger partial charge >= 0.3 is 12.1 Å². The number of alkyl halides is 3. The van der Waals surface area contributed by atoms with E-state index in [9.17, 15) is 27.6 Å². The minimum absolute atomic E-state index is 0.0461. The third-order valence-electron chi connectivity index (χ3n) is 4.95. The summed E-state index contributed by atoms with van der Waals surface area (Å²) >= 11 is 0. The summed E-state index contributed by atoms with van der Waals surface area (Å²) in [6.45, 7) is -0.209. The molecule has 0 radical (unpaired) electrons. The van der Waals surface area contributed by atoms with Gasteiger partial charge in [-0.15, -0.1) is 0 Å². The van der Waals surface area contributed by atoms with Crippen LogP contribution in [0.3, 0.4) is 0 Å². The van der Waals surface area contributed by atoms with Gasteiger partial charge in [-0.2, -0.15) is 18.2 Å². The Kier molecular flexibility index (Phi) is 6.80. The van der Waals surface area contributed by atoms with Crippen molar-refractivity contribution in [2.75, 3.05) is 7.11 Å². The Bertz CT molecular complexity index is 1040. The molecular weight excluding hydrogens is 445 g/mol. The number of amides is 2. The van der Waals surface area contributed by atoms with Gasteiger partial charge in [0, 0.05) is 0 Å². The van der Waals surface area contributed by atoms with Crippen LogP contribution in [-0.4, -0.2) is 40.6 Å². The van der Waals surface area contributed by atoms with Crippen molar-refractivity contribution < 1.29 is 42.2 Å². The molecule has 2 aromatic rings. The zero-order chi connectivity index (χ0) is 24.2. The molecule has 0 unspecified atom stereocenters. The SMILES string of the molecule is COc1ccc(ON(Cc2ccccc2)C(=O)C2(NC(=O)CC(=O)O)CC2)c(C(F)(F)F)c1. The summed E-state index contributed by atoms with van der Waals surface area (Å²) in [5, 5.41) is 11.9. The Labute approximate surface area is 186 Å². The molecule has 3 rings (SSSR count). The fourth-order valence-electron chi connectivity index (χ4n) is 3.16. The van der Waals surface area contributed by atoms with Crippen molar-refractivity contribution in [2.24, 2.45) is 0 Å². The molecule has 1 fully saturated rings. The maximum atomic E-state index is 13.6. The van der Waals surface area contributed by atoms with Crippen LogP contribution < -0.4 is 14.9 Å². The monoisotopic (exact) mass is 466 g/mol. The van der Waals surface area contributed by atoms with E-state index < -0.39 is 47.2 Å². The van der Waals surface area contributed by atoms with Crippen LogP contribution >= 0.6 is 0 Å². The van der Waals surface area contributed by atoms with E-state index in [1.165, 1.54) is 13.2 Å². The maximum absolute atomic E-state index is 13.6. The van der Waals surface area contributed by atoms with Gasteiger partial charge in [0.2, 0.25) is 5.91 Å². The number of hydrogen-bond donors (Lipinski definition) is 2. The lowest BCUT2D eigenvalue weighted by atomic mass is 10.1. The molecule has 0 atom stereocenters. The van der Waals surface area contributed by atoms with E-state index in [-0.39, 0.29) is 25.1 Å². The third-order valence-corrected chi connectivity index (χ3v) is 4.95. The van der Waals surface area contributed by atoms with Gasteiger partial charge in [0.25, 0.3) is 5.91 Å². The number of carboxylic acids is 1. The average Bonchev–Trinajstić information content (AvgIpc) is 3.52. The van der Waals surface area contributed by atoms with E-state index >= 15 is 0 Å². The van der Waals surface area contributed by atoms with Crippen molar-refractivity contribution in [3.05, 3.63) is 59.7 Å². The summed E-state index contributed by atoms with van der Waals surface area (Å²) < 4.78 is 45.8. The Morgan fingerprint density at radius 1 is 1.12 bits per heavy atom. The van der Waals surface area contributed by atoms with Gasteiger partial charge in [0.05, 0.1) is 13.7 Å². The Morgan fingerprint density at radius 3 is 2.33 bits per heavy atom. The number of methoxy groups -OCH3 is 1. The summed E-state index contributed by atoms with van der Waals surface area (Å²) in [7, 11) is 1.22. The number of nitrogens with one attached hydrogen (secondary N) is 1. The lowest BCUT2D eigenvalue weighted by Gasteiger charge is -2.28. The molecule has 11 heteroatoms. The number of halogens is 3. The number of carbonyl (C=O) groups excluding carboxylic acids is 2. The Morgan fingerprint density at radius 2 is 1.79 bits per heavy atom. The zero-order valence-corrected chi connectivity index (χ0v) is 17.5. The van der Waals surface area contributed by atoms with Crippen molar-refractivity contribution in [1.82, 2.24) is 10.4 Å². The van der Waals surface area contributed by atoms with E-state index in [0.717, 1.165) is 17.2 Å². The fourth-order valence-corrected chi connectivity index (χ4v) is 3.16. The van der Waals surface area contributed by atoms with Crippen molar-refractivity contribution in [3.63, 3.8) is 0 Å². The van der Waals surface area contributed by atoms with Gasteiger partial charge in [-0.1, -0.05) is 30.3 Å². The van der Waals surface area contributed by atoms with Crippen molar-refractivity contribution in [3.8, 4) is 11.5 Å². The molecule has 0 bridgehead atoms. The predicted octanol–water partition coefficient (Wildman–Crippen LogP) is 3.16. The quantitative estimate of drug-likeness (QED) is 0.435. The predicted molar refractivity (Wildman–Crippen MR) is 108 cm³/mol. The highest BCUT2D eigenvalue weighted by Gasteiger charge is 2.54. The molecule has 0 aromatic heterocycles. The van der Waals surface area contributed by atoms with E-state index in [2.05, 4.69) is 5.32 Å². The second-order valence-corrected chi connectivity index (χ2v) is 7.48. The van der Waals surface area contributed by atoms with Gasteiger partial charge in [-0.05, 0) is 36.6 Å². The first-order valence-electron chi connectivity index (χ1n) is 9.86. The minimum atomic E-state index is -4.79. The van der Waals surface area contributed by atoms with Crippen LogP contribution in [0.5, 0.6) is 11.5 Å². The molecule has 33 heavy (non-hydrogen) atoms. The number of hydroxylamine groups is 2. The largest absolute Gasteiger partial charge is 0.497 e. The van der Waals surface area contributed by atoms with Crippen molar-refractivity contribution in [2.45, 2.75) is 37.5 Å². The number of carboxylic acid groups (broad SMARTS) is 1. The van der Waals surface area contributed by atoms with Crippen LogP contribution in [0.2, 0.25) is 0 Å². The Hall–Kier alpha value is -3.76. The summed E-state index contributed by atoms with van der Waals surface area (Å²) in [5.74, 6) is -3.71. The number of benzene rings is 2. The highest BCUT2D eigenvalue weighted by atomic mass is 19.4. The van der Waals surface area contributed by atoms with Crippen LogP contribution in [-0.2, 0) is 27.1 Å². The Balaban J connectivity index is 1.92. The summed E-state index contributed by atoms with van der Waals surface area (Å²) in [6, 6.07) is 11.5. The number of hydrogen-bond acceptors (Lipinski definition) is 5. The van der Waals surface area contributed by atoms with Gasteiger partial charge in [-0.3, -0.25) is 14.4 Å². The third kappa shape index (κ3) is 5.93. The van der Waals surface area contributed by atoms with Crippen LogP contribution in [0.25, 0.3) is 0 Å². The van der Waals surface area contributed by atoms with Crippen LogP contribution in [0.4, 0.5) is 13.2 Å². The second-order valence-electron chi connectivity index (χ2n) is 7.48. The number of rotatable bonds is 9. The molecule has 0 aliphatic heterocycles. The summed E-state index contributed by atoms with van der Waals surface area (Å²) in [4.78, 5) is 41.5. The van der Waals surface area contributed by atoms with Crippen molar-refractivity contribution >= 4 is 17.8 Å². The molecule has 1 aliphatic carbocycles. The molecule has 1 saturated carbocycles. The first kappa shape index (κ1) is 23.9. The van der Waals surface area contributed by atoms with Crippen molar-refractivity contribution in [1.29, 1.82) is 0 Å². The zero-order valence-electron chi connectivity index (χ0n) is 17.5. The molecule has 2 aromatic carbocycles. The highest BCUT2D eigenvalue weighted by molar-refractivity contribution is 5.98. The van der Waals surface area contributed by atoms with Crippen LogP contribution in [0.1, 0.15) is 30.4 Å². The second kappa shape index (κ2) is 9.39. The number of ether oxygens (including phenoxy) is 1. The highest BCUT2D eigenvalue weighted by Crippen LogP contribution is 2.41. The van der Waals surface area contributed by atoms with Crippen LogP contribution in [0.15, 0.2) is 48.5 Å². The van der Waals surface area contributed by atoms with Gasteiger partial charge < -0.3 is 20.0 Å². The first-order chi connectivity index (χ1) is 15.5. The van der Waals surface area contributed by atoms with E-state index in [4.69, 9.17) is 14.7 Å². The molecule has 0 saturated heterocycles. The molecule has 0 spiro atoms. The topological polar surface area (TPSA) is 105 Å². The molecule has 8 nitrogen and oxygen atoms in total. The summed E-state index contributed by atoms with van der Waals surface area (Å²) in [6.07, 6.45) is -5.25. The molecule has 176 valence electrons. The number of aliphatic carboxylic acids is 1. The lowest BCUT2D eigenvalue weighted by molar-refractivity contribution is -0.168. The standard InChI is InChI=1S/C22H21F3N2O6/c1-32-15-7-8-17(16(11-15)22(23,24)25)33-27(13-14-5-3-2-4-6-14)20(31)21(9-10-21)26-18(28)12-19(29)30/h2-8,11H,9-10,12-13H2,1H3,(H,26,28)(H,29,30). The lowest BCUT2D eigenvalue weighted by Crippen LogP contribution is -2.51. The summed E-state index contributed by atoms with van der Waals surface area (Å²) in [5.41, 5.74) is -2.01. The maximum Gasteiger partial charge on any atom is 0.420 e. The smallest absolute Gasteiger partial charge is 0.420 e. The van der Waals surface area contributed by atoms with E-state index in [1.54, 1.807) is 30.3 Å². The fraction of sp³-hybridized carbons (Fsp3) is 0.318. The first-order valence-corrected chi connectivity index (χ1v) is 9.86. The molecule has 0 heterocycles. The van der Waals surface area contributed by atoms with E-state index in [0.29, 0.717) is 5.56 Å². The molecule has 2 amide bonds.